The third kappa shape index (κ3) is 2.95. The highest BCUT2D eigenvalue weighted by Crippen LogP contribution is 2.61. The van der Waals surface area contributed by atoms with E-state index in [0.717, 1.165) is 11.1 Å². The van der Waals surface area contributed by atoms with Gasteiger partial charge in [0, 0.05) is 14.2 Å². The van der Waals surface area contributed by atoms with Crippen LogP contribution in [0.4, 0.5) is 0 Å². The van der Waals surface area contributed by atoms with Gasteiger partial charge in [0.05, 0.1) is 17.6 Å². The van der Waals surface area contributed by atoms with Crippen LogP contribution < -0.4 is 0 Å². The number of methoxy groups -OCH3 is 2. The number of benzene rings is 4. The summed E-state index contributed by atoms with van der Waals surface area (Å²) in [4.78, 5) is 0. The quantitative estimate of drug-likeness (QED) is 0.353. The average molecular weight is 407 g/mol. The Balaban J connectivity index is 1.89. The lowest BCUT2D eigenvalue weighted by Gasteiger charge is -2.44. The lowest BCUT2D eigenvalue weighted by molar-refractivity contribution is -0.0407. The standard InChI is InChI=1S/C29H26O2/c1-30-27(21-13-5-3-6-14-21)29(28(31-2)22-15-7-4-8-16-22)25-19-11-9-17-23(25)24-18-10-12-20-26(24)29/h3-20,27-28H,1-2H3. The van der Waals surface area contributed by atoms with Crippen molar-refractivity contribution in [3.8, 4) is 11.1 Å². The molecule has 4 aromatic carbocycles. The van der Waals surface area contributed by atoms with Gasteiger partial charge in [0.1, 0.15) is 0 Å². The van der Waals surface area contributed by atoms with Crippen LogP contribution in [0.15, 0.2) is 109 Å². The second-order valence-corrected chi connectivity index (χ2v) is 8.01. The van der Waals surface area contributed by atoms with Crippen molar-refractivity contribution in [2.24, 2.45) is 0 Å². The highest BCUT2D eigenvalue weighted by Gasteiger charge is 2.55. The van der Waals surface area contributed by atoms with E-state index in [2.05, 4.69) is 97.1 Å². The first-order chi connectivity index (χ1) is 15.3. The molecule has 0 spiro atoms. The van der Waals surface area contributed by atoms with Crippen molar-refractivity contribution in [3.63, 3.8) is 0 Å². The minimum Gasteiger partial charge on any atom is -0.375 e. The van der Waals surface area contributed by atoms with E-state index in [1.54, 1.807) is 14.2 Å². The van der Waals surface area contributed by atoms with Crippen LogP contribution in [0, 0.1) is 0 Å². The van der Waals surface area contributed by atoms with Gasteiger partial charge < -0.3 is 9.47 Å². The highest BCUT2D eigenvalue weighted by molar-refractivity contribution is 5.82. The molecule has 2 nitrogen and oxygen atoms in total. The van der Waals surface area contributed by atoms with E-state index in [-0.39, 0.29) is 12.2 Å². The fourth-order valence-corrected chi connectivity index (χ4v) is 5.43. The number of hydrogen-bond donors (Lipinski definition) is 0. The van der Waals surface area contributed by atoms with Crippen molar-refractivity contribution >= 4 is 0 Å². The van der Waals surface area contributed by atoms with Crippen molar-refractivity contribution in [2.45, 2.75) is 17.6 Å². The maximum absolute atomic E-state index is 6.36. The number of rotatable bonds is 6. The zero-order valence-corrected chi connectivity index (χ0v) is 17.9. The monoisotopic (exact) mass is 406 g/mol. The molecule has 0 saturated carbocycles. The highest BCUT2D eigenvalue weighted by atomic mass is 16.5. The first kappa shape index (κ1) is 19.7. The summed E-state index contributed by atoms with van der Waals surface area (Å²) in [5, 5.41) is 0. The van der Waals surface area contributed by atoms with Crippen LogP contribution in [0.1, 0.15) is 34.5 Å². The van der Waals surface area contributed by atoms with Crippen molar-refractivity contribution < 1.29 is 9.47 Å². The molecule has 0 aliphatic heterocycles. The van der Waals surface area contributed by atoms with Gasteiger partial charge in [0.25, 0.3) is 0 Å². The van der Waals surface area contributed by atoms with Crippen LogP contribution in [0.5, 0.6) is 0 Å². The van der Waals surface area contributed by atoms with Crippen LogP contribution in [0.3, 0.4) is 0 Å². The Morgan fingerprint density at radius 3 is 1.23 bits per heavy atom. The smallest absolute Gasteiger partial charge is 0.0987 e. The minimum atomic E-state index is -0.542. The molecule has 0 radical (unpaired) electrons. The fourth-order valence-electron chi connectivity index (χ4n) is 5.43. The van der Waals surface area contributed by atoms with Crippen molar-refractivity contribution in [2.75, 3.05) is 14.2 Å². The first-order valence-electron chi connectivity index (χ1n) is 10.7. The summed E-state index contributed by atoms with van der Waals surface area (Å²) >= 11 is 0. The molecule has 0 aromatic heterocycles. The predicted octanol–water partition coefficient (Wildman–Crippen LogP) is 6.73. The van der Waals surface area contributed by atoms with Crippen LogP contribution in [0.2, 0.25) is 0 Å². The average Bonchev–Trinajstić information content (AvgIpc) is 3.13. The summed E-state index contributed by atoms with van der Waals surface area (Å²) in [7, 11) is 3.61. The first-order valence-corrected chi connectivity index (χ1v) is 10.7. The molecule has 2 heteroatoms. The minimum absolute atomic E-state index is 0.233. The molecule has 0 heterocycles. The lowest BCUT2D eigenvalue weighted by atomic mass is 9.65. The molecule has 0 saturated heterocycles. The molecule has 0 fully saturated rings. The SMILES string of the molecule is COC(c1ccccc1)C1(C(OC)c2ccccc2)c2ccccc2-c2ccccc21. The van der Waals surface area contributed by atoms with Gasteiger partial charge in [-0.15, -0.1) is 0 Å². The zero-order valence-electron chi connectivity index (χ0n) is 17.9. The summed E-state index contributed by atoms with van der Waals surface area (Å²) in [6.45, 7) is 0. The summed E-state index contributed by atoms with van der Waals surface area (Å²) in [5.74, 6) is 0. The number of ether oxygens (including phenoxy) is 2. The summed E-state index contributed by atoms with van der Waals surface area (Å²) < 4.78 is 12.7. The normalized spacial score (nSPS) is 15.7. The van der Waals surface area contributed by atoms with Crippen molar-refractivity contribution in [1.82, 2.24) is 0 Å². The van der Waals surface area contributed by atoms with Gasteiger partial charge in [-0.05, 0) is 33.4 Å². The van der Waals surface area contributed by atoms with Crippen LogP contribution in [-0.4, -0.2) is 14.2 Å². The molecule has 5 rings (SSSR count). The van der Waals surface area contributed by atoms with Crippen LogP contribution in [-0.2, 0) is 14.9 Å². The van der Waals surface area contributed by atoms with Gasteiger partial charge in [0.2, 0.25) is 0 Å². The van der Waals surface area contributed by atoms with Crippen molar-refractivity contribution in [1.29, 1.82) is 0 Å². The van der Waals surface area contributed by atoms with E-state index < -0.39 is 5.41 Å². The Morgan fingerprint density at radius 1 is 0.484 bits per heavy atom. The molecule has 31 heavy (non-hydrogen) atoms. The Labute approximate surface area is 184 Å². The van der Waals surface area contributed by atoms with Gasteiger partial charge in [-0.1, -0.05) is 109 Å². The molecule has 1 aliphatic rings. The molecule has 2 atom stereocenters. The molecule has 2 unspecified atom stereocenters. The molecule has 0 N–H and O–H groups in total. The van der Waals surface area contributed by atoms with E-state index >= 15 is 0 Å². The summed E-state index contributed by atoms with van der Waals surface area (Å²) in [6, 6.07) is 38.4. The van der Waals surface area contributed by atoms with Gasteiger partial charge in [-0.2, -0.15) is 0 Å². The topological polar surface area (TPSA) is 18.5 Å². The van der Waals surface area contributed by atoms with E-state index in [1.165, 1.54) is 22.3 Å². The number of fused-ring (bicyclic) bond motifs is 3. The molecule has 0 bridgehead atoms. The second-order valence-electron chi connectivity index (χ2n) is 8.01. The summed E-state index contributed by atoms with van der Waals surface area (Å²) in [5.41, 5.74) is 6.69. The molecule has 0 amide bonds. The maximum Gasteiger partial charge on any atom is 0.0987 e. The molecule has 154 valence electrons. The Hall–Kier alpha value is -3.20. The van der Waals surface area contributed by atoms with Crippen LogP contribution >= 0.6 is 0 Å². The third-order valence-electron chi connectivity index (χ3n) is 6.54. The number of hydrogen-bond acceptors (Lipinski definition) is 2. The Bertz CT molecular complexity index is 1070. The van der Waals surface area contributed by atoms with Gasteiger partial charge >= 0.3 is 0 Å². The molecule has 4 aromatic rings. The van der Waals surface area contributed by atoms with E-state index in [9.17, 15) is 0 Å². The van der Waals surface area contributed by atoms with E-state index in [0.29, 0.717) is 0 Å². The van der Waals surface area contributed by atoms with E-state index in [4.69, 9.17) is 9.47 Å². The van der Waals surface area contributed by atoms with Gasteiger partial charge in [-0.25, -0.2) is 0 Å². The fraction of sp³-hybridized carbons (Fsp3) is 0.172. The van der Waals surface area contributed by atoms with Crippen LogP contribution in [0.25, 0.3) is 11.1 Å². The lowest BCUT2D eigenvalue weighted by Crippen LogP contribution is -2.41. The molecular formula is C29H26O2. The van der Waals surface area contributed by atoms with Gasteiger partial charge in [-0.3, -0.25) is 0 Å². The van der Waals surface area contributed by atoms with Crippen molar-refractivity contribution in [3.05, 3.63) is 131 Å². The molecule has 1 aliphatic carbocycles. The largest absolute Gasteiger partial charge is 0.375 e. The van der Waals surface area contributed by atoms with Gasteiger partial charge in [0.15, 0.2) is 0 Å². The molecular weight excluding hydrogens is 380 g/mol. The maximum atomic E-state index is 6.36. The third-order valence-corrected chi connectivity index (χ3v) is 6.54. The Kier molecular flexibility index (Phi) is 5.19. The second kappa shape index (κ2) is 8.14. The predicted molar refractivity (Wildman–Crippen MR) is 125 cm³/mol. The zero-order chi connectivity index (χ0) is 21.3. The van der Waals surface area contributed by atoms with E-state index in [1.807, 2.05) is 12.1 Å². The summed E-state index contributed by atoms with van der Waals surface area (Å²) in [6.07, 6.45) is -0.465. The Morgan fingerprint density at radius 2 is 0.839 bits per heavy atom.